The van der Waals surface area contributed by atoms with Gasteiger partial charge < -0.3 is 9.64 Å². The molecule has 0 aromatic rings. The van der Waals surface area contributed by atoms with E-state index in [0.29, 0.717) is 0 Å². The zero-order chi connectivity index (χ0) is 11.5. The third-order valence-corrected chi connectivity index (χ3v) is 3.14. The van der Waals surface area contributed by atoms with Crippen LogP contribution in [-0.2, 0) is 9.53 Å². The number of carbonyl (C=O) groups excluding carboxylic acids is 1. The lowest BCUT2D eigenvalue weighted by Crippen LogP contribution is -2.26. The Hall–Kier alpha value is -0.570. The number of nitrogens with zero attached hydrogens (tertiary/aromatic N) is 1. The first-order valence-electron chi connectivity index (χ1n) is 5.93. The molecule has 1 aliphatic heterocycles. The van der Waals surface area contributed by atoms with Crippen molar-refractivity contribution in [2.24, 2.45) is 5.92 Å². The maximum atomic E-state index is 11.5. The van der Waals surface area contributed by atoms with E-state index in [1.54, 1.807) is 0 Å². The Labute approximate surface area is 92.8 Å². The second-order valence-corrected chi connectivity index (χ2v) is 4.90. The van der Waals surface area contributed by atoms with Crippen LogP contribution in [0, 0.1) is 5.92 Å². The zero-order valence-corrected chi connectivity index (χ0v) is 10.4. The Kier molecular flexibility index (Phi) is 4.14. The van der Waals surface area contributed by atoms with E-state index in [-0.39, 0.29) is 17.5 Å². The number of carbonyl (C=O) groups is 1. The number of ether oxygens (including phenoxy) is 1. The van der Waals surface area contributed by atoms with Gasteiger partial charge in [-0.15, -0.1) is 0 Å². The Morgan fingerprint density at radius 3 is 2.40 bits per heavy atom. The molecule has 1 aliphatic rings. The van der Waals surface area contributed by atoms with Gasteiger partial charge in [0.1, 0.15) is 5.60 Å². The summed E-state index contributed by atoms with van der Waals surface area (Å²) >= 11 is 0. The van der Waals surface area contributed by atoms with Crippen molar-refractivity contribution in [1.82, 2.24) is 4.90 Å². The SMILES string of the molecule is CCN(CC)CCC1CC(C)(C)OC1=O. The smallest absolute Gasteiger partial charge is 0.309 e. The average molecular weight is 213 g/mol. The topological polar surface area (TPSA) is 29.5 Å². The minimum absolute atomic E-state index is 0.00726. The highest BCUT2D eigenvalue weighted by Crippen LogP contribution is 2.32. The van der Waals surface area contributed by atoms with Crippen molar-refractivity contribution in [1.29, 1.82) is 0 Å². The van der Waals surface area contributed by atoms with Crippen LogP contribution in [0.1, 0.15) is 40.5 Å². The van der Waals surface area contributed by atoms with Crippen LogP contribution >= 0.6 is 0 Å². The Morgan fingerprint density at radius 1 is 1.40 bits per heavy atom. The van der Waals surface area contributed by atoms with Crippen molar-refractivity contribution in [3.05, 3.63) is 0 Å². The molecule has 15 heavy (non-hydrogen) atoms. The highest BCUT2D eigenvalue weighted by molar-refractivity contribution is 5.75. The van der Waals surface area contributed by atoms with Crippen LogP contribution in [0.15, 0.2) is 0 Å². The third-order valence-electron chi connectivity index (χ3n) is 3.14. The molecule has 0 saturated carbocycles. The summed E-state index contributed by atoms with van der Waals surface area (Å²) in [5, 5.41) is 0. The number of esters is 1. The van der Waals surface area contributed by atoms with Crippen molar-refractivity contribution in [2.45, 2.75) is 46.1 Å². The minimum atomic E-state index is -0.245. The average Bonchev–Trinajstić information content (AvgIpc) is 2.41. The van der Waals surface area contributed by atoms with Crippen LogP contribution in [-0.4, -0.2) is 36.1 Å². The molecule has 0 aromatic carbocycles. The van der Waals surface area contributed by atoms with Crippen LogP contribution in [0.4, 0.5) is 0 Å². The summed E-state index contributed by atoms with van der Waals surface area (Å²) in [5.41, 5.74) is -0.245. The first-order chi connectivity index (χ1) is 6.98. The van der Waals surface area contributed by atoms with Crippen molar-refractivity contribution in [3.8, 4) is 0 Å². The predicted molar refractivity (Wildman–Crippen MR) is 60.7 cm³/mol. The fourth-order valence-electron chi connectivity index (χ4n) is 2.17. The molecule has 1 atom stereocenters. The summed E-state index contributed by atoms with van der Waals surface area (Å²) in [4.78, 5) is 13.9. The molecule has 1 rings (SSSR count). The van der Waals surface area contributed by atoms with E-state index in [9.17, 15) is 4.79 Å². The van der Waals surface area contributed by atoms with Crippen molar-refractivity contribution >= 4 is 5.97 Å². The van der Waals surface area contributed by atoms with Gasteiger partial charge in [-0.1, -0.05) is 13.8 Å². The molecular formula is C12H23NO2. The van der Waals surface area contributed by atoms with Crippen molar-refractivity contribution < 1.29 is 9.53 Å². The van der Waals surface area contributed by atoms with Crippen molar-refractivity contribution in [3.63, 3.8) is 0 Å². The Bertz CT molecular complexity index is 222. The first-order valence-corrected chi connectivity index (χ1v) is 5.93. The van der Waals surface area contributed by atoms with Gasteiger partial charge in [-0.2, -0.15) is 0 Å². The number of hydrogen-bond acceptors (Lipinski definition) is 3. The summed E-state index contributed by atoms with van der Waals surface area (Å²) in [6.07, 6.45) is 1.80. The molecule has 3 heteroatoms. The van der Waals surface area contributed by atoms with Gasteiger partial charge in [0.25, 0.3) is 0 Å². The van der Waals surface area contributed by atoms with Gasteiger partial charge in [0.05, 0.1) is 5.92 Å². The minimum Gasteiger partial charge on any atom is -0.459 e. The molecule has 0 amide bonds. The third kappa shape index (κ3) is 3.49. The van der Waals surface area contributed by atoms with Crippen molar-refractivity contribution in [2.75, 3.05) is 19.6 Å². The number of hydrogen-bond donors (Lipinski definition) is 0. The monoisotopic (exact) mass is 213 g/mol. The number of rotatable bonds is 5. The highest BCUT2D eigenvalue weighted by Gasteiger charge is 2.39. The maximum absolute atomic E-state index is 11.5. The lowest BCUT2D eigenvalue weighted by atomic mass is 9.95. The maximum Gasteiger partial charge on any atom is 0.309 e. The summed E-state index contributed by atoms with van der Waals surface area (Å²) < 4.78 is 5.30. The normalized spacial score (nSPS) is 24.6. The Balaban J connectivity index is 2.37. The summed E-state index contributed by atoms with van der Waals surface area (Å²) in [5.74, 6) is 0.104. The van der Waals surface area contributed by atoms with E-state index >= 15 is 0 Å². The van der Waals surface area contributed by atoms with Gasteiger partial charge >= 0.3 is 5.97 Å². The Morgan fingerprint density at radius 2 is 2.00 bits per heavy atom. The number of cyclic esters (lactones) is 1. The first kappa shape index (κ1) is 12.5. The highest BCUT2D eigenvalue weighted by atomic mass is 16.6. The van der Waals surface area contributed by atoms with Crippen LogP contribution in [0.5, 0.6) is 0 Å². The molecule has 88 valence electrons. The summed E-state index contributed by atoms with van der Waals surface area (Å²) in [6, 6.07) is 0. The van der Waals surface area contributed by atoms with Gasteiger partial charge in [0.2, 0.25) is 0 Å². The quantitative estimate of drug-likeness (QED) is 0.655. The molecule has 0 spiro atoms. The summed E-state index contributed by atoms with van der Waals surface area (Å²) in [6.45, 7) is 11.4. The molecule has 0 radical (unpaired) electrons. The van der Waals surface area contributed by atoms with Crippen LogP contribution in [0.3, 0.4) is 0 Å². The van der Waals surface area contributed by atoms with E-state index in [4.69, 9.17) is 4.74 Å². The van der Waals surface area contributed by atoms with E-state index < -0.39 is 0 Å². The molecular weight excluding hydrogens is 190 g/mol. The van der Waals surface area contributed by atoms with Gasteiger partial charge in [-0.25, -0.2) is 0 Å². The molecule has 0 aromatic heterocycles. The van der Waals surface area contributed by atoms with Gasteiger partial charge in [-0.3, -0.25) is 4.79 Å². The van der Waals surface area contributed by atoms with Gasteiger partial charge in [0.15, 0.2) is 0 Å². The standard InChI is InChI=1S/C12H23NO2/c1-5-13(6-2)8-7-10-9-12(3,4)15-11(10)14/h10H,5-9H2,1-4H3. The van der Waals surface area contributed by atoms with E-state index in [0.717, 1.165) is 32.5 Å². The largest absolute Gasteiger partial charge is 0.459 e. The molecule has 1 unspecified atom stereocenters. The molecule has 0 aliphatic carbocycles. The fourth-order valence-corrected chi connectivity index (χ4v) is 2.17. The lowest BCUT2D eigenvalue weighted by molar-refractivity contribution is -0.148. The van der Waals surface area contributed by atoms with Crippen LogP contribution in [0.25, 0.3) is 0 Å². The second-order valence-electron chi connectivity index (χ2n) is 4.90. The van der Waals surface area contributed by atoms with Gasteiger partial charge in [0, 0.05) is 0 Å². The van der Waals surface area contributed by atoms with Crippen LogP contribution in [0.2, 0.25) is 0 Å². The van der Waals surface area contributed by atoms with Gasteiger partial charge in [-0.05, 0) is 46.3 Å². The van der Waals surface area contributed by atoms with E-state index in [1.807, 2.05) is 13.8 Å². The molecule has 1 saturated heterocycles. The molecule has 1 fully saturated rings. The van der Waals surface area contributed by atoms with E-state index in [1.165, 1.54) is 0 Å². The molecule has 0 N–H and O–H groups in total. The molecule has 3 nitrogen and oxygen atoms in total. The fraction of sp³-hybridized carbons (Fsp3) is 0.917. The zero-order valence-electron chi connectivity index (χ0n) is 10.4. The van der Waals surface area contributed by atoms with E-state index in [2.05, 4.69) is 18.7 Å². The second kappa shape index (κ2) is 4.97. The molecule has 1 heterocycles. The van der Waals surface area contributed by atoms with Crippen LogP contribution < -0.4 is 0 Å². The predicted octanol–water partition coefficient (Wildman–Crippen LogP) is 2.06. The molecule has 0 bridgehead atoms. The lowest BCUT2D eigenvalue weighted by Gasteiger charge is -2.19. The summed E-state index contributed by atoms with van der Waals surface area (Å²) in [7, 11) is 0.